The summed E-state index contributed by atoms with van der Waals surface area (Å²) in [6.45, 7) is 4.39. The minimum absolute atomic E-state index is 0.00649. The molecule has 6 nitrogen and oxygen atoms in total. The van der Waals surface area contributed by atoms with E-state index < -0.39 is 0 Å². The molecule has 0 N–H and O–H groups in total. The SMILES string of the molecule is Cc1nc2ccc(-n3nc(C(=O)N4CCOCC4)c4c3-c3ccccc3SC4)cc2s1. The molecule has 4 heterocycles. The zero-order chi connectivity index (χ0) is 20.9. The minimum atomic E-state index is -0.00649. The number of carbonyl (C=O) groups is 1. The van der Waals surface area contributed by atoms with Crippen LogP contribution in [0.1, 0.15) is 21.1 Å². The Hall–Kier alpha value is -2.68. The van der Waals surface area contributed by atoms with Crippen LogP contribution in [-0.4, -0.2) is 51.9 Å². The number of benzene rings is 2. The molecular weight excluding hydrogens is 428 g/mol. The summed E-state index contributed by atoms with van der Waals surface area (Å²) in [5.74, 6) is 0.729. The van der Waals surface area contributed by atoms with Crippen LogP contribution in [0.25, 0.3) is 27.2 Å². The van der Waals surface area contributed by atoms with E-state index in [1.807, 2.05) is 34.7 Å². The summed E-state index contributed by atoms with van der Waals surface area (Å²) in [7, 11) is 0. The van der Waals surface area contributed by atoms with Gasteiger partial charge in [-0.05, 0) is 31.2 Å². The second kappa shape index (κ2) is 7.47. The summed E-state index contributed by atoms with van der Waals surface area (Å²) in [6.07, 6.45) is 0. The Balaban J connectivity index is 1.55. The fourth-order valence-electron chi connectivity index (χ4n) is 4.24. The Bertz CT molecular complexity index is 1320. The number of morpholine rings is 1. The molecule has 1 amide bonds. The standard InChI is InChI=1S/C23H20N4O2S2/c1-14-24-18-7-6-15(12-20(18)31-14)27-22-16-4-2-3-5-19(16)30-13-17(22)21(25-27)23(28)26-8-10-29-11-9-26/h2-7,12H,8-11,13H2,1H3. The molecular formula is C23H20N4O2S2. The van der Waals surface area contributed by atoms with Gasteiger partial charge in [0.1, 0.15) is 0 Å². The van der Waals surface area contributed by atoms with Gasteiger partial charge in [-0.25, -0.2) is 9.67 Å². The van der Waals surface area contributed by atoms with E-state index in [-0.39, 0.29) is 5.91 Å². The van der Waals surface area contributed by atoms with Crippen molar-refractivity contribution in [2.75, 3.05) is 26.3 Å². The maximum absolute atomic E-state index is 13.4. The molecule has 1 saturated heterocycles. The van der Waals surface area contributed by atoms with Gasteiger partial charge in [-0.15, -0.1) is 23.1 Å². The molecule has 0 aliphatic carbocycles. The molecule has 2 aromatic carbocycles. The Labute approximate surface area is 187 Å². The fraction of sp³-hybridized carbons (Fsp3) is 0.261. The molecule has 2 aromatic heterocycles. The van der Waals surface area contributed by atoms with Crippen molar-refractivity contribution in [3.8, 4) is 16.9 Å². The first-order chi connectivity index (χ1) is 15.2. The van der Waals surface area contributed by atoms with Gasteiger partial charge in [0.15, 0.2) is 5.69 Å². The highest BCUT2D eigenvalue weighted by molar-refractivity contribution is 7.98. The zero-order valence-corrected chi connectivity index (χ0v) is 18.6. The average molecular weight is 449 g/mol. The van der Waals surface area contributed by atoms with E-state index in [1.54, 1.807) is 23.1 Å². The smallest absolute Gasteiger partial charge is 0.274 e. The highest BCUT2D eigenvalue weighted by atomic mass is 32.2. The Kier molecular flexibility index (Phi) is 4.59. The highest BCUT2D eigenvalue weighted by Gasteiger charge is 2.31. The van der Waals surface area contributed by atoms with E-state index in [0.717, 1.165) is 43.5 Å². The number of hydrogen-bond donors (Lipinski definition) is 0. The first-order valence-corrected chi connectivity index (χ1v) is 12.1. The van der Waals surface area contributed by atoms with E-state index in [0.29, 0.717) is 32.0 Å². The number of amides is 1. The summed E-state index contributed by atoms with van der Waals surface area (Å²) in [5, 5.41) is 5.95. The van der Waals surface area contributed by atoms with Gasteiger partial charge in [0.25, 0.3) is 5.91 Å². The lowest BCUT2D eigenvalue weighted by Gasteiger charge is -2.26. The molecule has 0 radical (unpaired) electrons. The lowest BCUT2D eigenvalue weighted by Crippen LogP contribution is -2.41. The first-order valence-electron chi connectivity index (χ1n) is 10.3. The molecule has 0 unspecified atom stereocenters. The largest absolute Gasteiger partial charge is 0.378 e. The first kappa shape index (κ1) is 19.0. The van der Waals surface area contributed by atoms with Gasteiger partial charge < -0.3 is 9.64 Å². The lowest BCUT2D eigenvalue weighted by molar-refractivity contribution is 0.0298. The Morgan fingerprint density at radius 1 is 1.13 bits per heavy atom. The number of ether oxygens (including phenoxy) is 1. The summed E-state index contributed by atoms with van der Waals surface area (Å²) in [6, 6.07) is 14.6. The second-order valence-corrected chi connectivity index (χ2v) is 9.91. The molecule has 2 aliphatic rings. The van der Waals surface area contributed by atoms with Crippen LogP contribution >= 0.6 is 23.1 Å². The van der Waals surface area contributed by atoms with Crippen LogP contribution in [0.5, 0.6) is 0 Å². The van der Waals surface area contributed by atoms with Gasteiger partial charge >= 0.3 is 0 Å². The molecule has 8 heteroatoms. The normalized spacial score (nSPS) is 15.7. The van der Waals surface area contributed by atoms with Crippen LogP contribution in [0.2, 0.25) is 0 Å². The van der Waals surface area contributed by atoms with Crippen LogP contribution in [0.15, 0.2) is 47.4 Å². The van der Waals surface area contributed by atoms with Crippen molar-refractivity contribution in [2.24, 2.45) is 0 Å². The van der Waals surface area contributed by atoms with Crippen LogP contribution < -0.4 is 0 Å². The monoisotopic (exact) mass is 448 g/mol. The molecule has 4 aromatic rings. The predicted octanol–water partition coefficient (Wildman–Crippen LogP) is 4.54. The molecule has 0 spiro atoms. The zero-order valence-electron chi connectivity index (χ0n) is 17.0. The van der Waals surface area contributed by atoms with Crippen LogP contribution in [0.4, 0.5) is 0 Å². The number of aryl methyl sites for hydroxylation is 1. The fourth-order valence-corrected chi connectivity index (χ4v) is 6.17. The number of aromatic nitrogens is 3. The van der Waals surface area contributed by atoms with E-state index in [9.17, 15) is 4.79 Å². The summed E-state index contributed by atoms with van der Waals surface area (Å²) in [4.78, 5) is 21.1. The summed E-state index contributed by atoms with van der Waals surface area (Å²) in [5.41, 5.74) is 5.66. The second-order valence-electron chi connectivity index (χ2n) is 7.66. The molecule has 156 valence electrons. The molecule has 6 rings (SSSR count). The van der Waals surface area contributed by atoms with Gasteiger partial charge in [-0.2, -0.15) is 5.10 Å². The van der Waals surface area contributed by atoms with Crippen molar-refractivity contribution in [1.29, 1.82) is 0 Å². The van der Waals surface area contributed by atoms with Gasteiger partial charge in [0.2, 0.25) is 0 Å². The number of carbonyl (C=O) groups excluding carboxylic acids is 1. The van der Waals surface area contributed by atoms with Crippen LogP contribution in [0.3, 0.4) is 0 Å². The van der Waals surface area contributed by atoms with Gasteiger partial charge in [0, 0.05) is 34.9 Å². The number of thioether (sulfide) groups is 1. The van der Waals surface area contributed by atoms with Crippen molar-refractivity contribution in [3.63, 3.8) is 0 Å². The van der Waals surface area contributed by atoms with Crippen LogP contribution in [-0.2, 0) is 10.5 Å². The third kappa shape index (κ3) is 3.17. The van der Waals surface area contributed by atoms with Gasteiger partial charge in [0.05, 0.1) is 39.8 Å². The van der Waals surface area contributed by atoms with E-state index in [1.165, 1.54) is 4.90 Å². The van der Waals surface area contributed by atoms with Crippen molar-refractivity contribution in [3.05, 3.63) is 58.7 Å². The quantitative estimate of drug-likeness (QED) is 0.451. The van der Waals surface area contributed by atoms with E-state index in [4.69, 9.17) is 9.84 Å². The predicted molar refractivity (Wildman–Crippen MR) is 123 cm³/mol. The molecule has 2 aliphatic heterocycles. The van der Waals surface area contributed by atoms with Gasteiger partial charge in [-0.1, -0.05) is 18.2 Å². The number of hydrogen-bond acceptors (Lipinski definition) is 6. The molecule has 0 saturated carbocycles. The Morgan fingerprint density at radius 2 is 1.97 bits per heavy atom. The lowest BCUT2D eigenvalue weighted by atomic mass is 10.0. The van der Waals surface area contributed by atoms with Crippen molar-refractivity contribution in [2.45, 2.75) is 17.6 Å². The third-order valence-corrected chi connectivity index (χ3v) is 7.76. The molecule has 0 atom stereocenters. The highest BCUT2D eigenvalue weighted by Crippen LogP contribution is 2.44. The average Bonchev–Trinajstić information content (AvgIpc) is 3.38. The maximum atomic E-state index is 13.4. The number of fused-ring (bicyclic) bond motifs is 4. The minimum Gasteiger partial charge on any atom is -0.378 e. The third-order valence-electron chi connectivity index (χ3n) is 5.72. The van der Waals surface area contributed by atoms with Crippen molar-refractivity contribution in [1.82, 2.24) is 19.7 Å². The van der Waals surface area contributed by atoms with E-state index >= 15 is 0 Å². The molecule has 0 bridgehead atoms. The maximum Gasteiger partial charge on any atom is 0.274 e. The van der Waals surface area contributed by atoms with Crippen molar-refractivity contribution < 1.29 is 9.53 Å². The van der Waals surface area contributed by atoms with Gasteiger partial charge in [-0.3, -0.25) is 4.79 Å². The number of nitrogens with zero attached hydrogens (tertiary/aromatic N) is 4. The summed E-state index contributed by atoms with van der Waals surface area (Å²) >= 11 is 3.44. The van der Waals surface area contributed by atoms with Crippen LogP contribution in [0, 0.1) is 6.92 Å². The van der Waals surface area contributed by atoms with E-state index in [2.05, 4.69) is 29.2 Å². The summed E-state index contributed by atoms with van der Waals surface area (Å²) < 4.78 is 8.51. The molecule has 1 fully saturated rings. The molecule has 31 heavy (non-hydrogen) atoms. The number of rotatable bonds is 2. The van der Waals surface area contributed by atoms with Crippen molar-refractivity contribution >= 4 is 39.2 Å². The topological polar surface area (TPSA) is 60.2 Å². The Morgan fingerprint density at radius 3 is 2.84 bits per heavy atom. The number of thiazole rings is 1.